The van der Waals surface area contributed by atoms with Gasteiger partial charge < -0.3 is 15.1 Å². The van der Waals surface area contributed by atoms with Gasteiger partial charge >= 0.3 is 5.97 Å². The fraction of sp³-hybridized carbons (Fsp3) is 0.300. The summed E-state index contributed by atoms with van der Waals surface area (Å²) >= 11 is 0. The maximum Gasteiger partial charge on any atom is 0.339 e. The van der Waals surface area contributed by atoms with Crippen LogP contribution in [0, 0.1) is 0 Å². The highest BCUT2D eigenvalue weighted by Gasteiger charge is 2.09. The molecule has 0 amide bonds. The lowest BCUT2D eigenvalue weighted by molar-refractivity contribution is 0.0693. The minimum Gasteiger partial charge on any atom is -0.507 e. The average Bonchev–Trinajstić information content (AvgIpc) is 2.07. The first-order valence-corrected chi connectivity index (χ1v) is 4.20. The minimum atomic E-state index is -1.11. The molecule has 1 rings (SSSR count). The van der Waals surface area contributed by atoms with Crippen LogP contribution in [0.4, 0.5) is 0 Å². The molecular formula is C10H13NO3. The SMILES string of the molecule is CN(C)Cc1ccc(O)c(C(=O)O)c1. The zero-order valence-corrected chi connectivity index (χ0v) is 8.19. The third-order valence-corrected chi connectivity index (χ3v) is 1.79. The molecule has 1 aromatic rings. The fourth-order valence-corrected chi connectivity index (χ4v) is 1.22. The van der Waals surface area contributed by atoms with Gasteiger partial charge in [-0.25, -0.2) is 4.79 Å². The van der Waals surface area contributed by atoms with Gasteiger partial charge in [-0.3, -0.25) is 0 Å². The Morgan fingerprint density at radius 2 is 2.07 bits per heavy atom. The van der Waals surface area contributed by atoms with Crippen molar-refractivity contribution >= 4 is 5.97 Å². The first kappa shape index (κ1) is 10.5. The van der Waals surface area contributed by atoms with Crippen LogP contribution in [-0.4, -0.2) is 35.2 Å². The molecule has 0 radical (unpaired) electrons. The molecule has 0 saturated carbocycles. The van der Waals surface area contributed by atoms with Crippen molar-refractivity contribution in [1.29, 1.82) is 0 Å². The highest BCUT2D eigenvalue weighted by molar-refractivity contribution is 5.90. The highest BCUT2D eigenvalue weighted by atomic mass is 16.4. The largest absolute Gasteiger partial charge is 0.507 e. The van der Waals surface area contributed by atoms with Gasteiger partial charge in [-0.2, -0.15) is 0 Å². The van der Waals surface area contributed by atoms with Crippen molar-refractivity contribution in [2.45, 2.75) is 6.54 Å². The third-order valence-electron chi connectivity index (χ3n) is 1.79. The first-order chi connectivity index (χ1) is 6.50. The van der Waals surface area contributed by atoms with E-state index in [-0.39, 0.29) is 11.3 Å². The molecule has 0 atom stereocenters. The van der Waals surface area contributed by atoms with E-state index in [0.717, 1.165) is 5.56 Å². The Kier molecular flexibility index (Phi) is 3.09. The number of hydrogen-bond donors (Lipinski definition) is 2. The number of benzene rings is 1. The van der Waals surface area contributed by atoms with Gasteiger partial charge in [0.15, 0.2) is 0 Å². The van der Waals surface area contributed by atoms with Crippen LogP contribution in [0.25, 0.3) is 0 Å². The van der Waals surface area contributed by atoms with Crippen LogP contribution in [0.3, 0.4) is 0 Å². The van der Waals surface area contributed by atoms with Crippen LogP contribution in [0.5, 0.6) is 5.75 Å². The molecule has 0 bridgehead atoms. The molecule has 14 heavy (non-hydrogen) atoms. The molecule has 0 fully saturated rings. The molecule has 0 aliphatic rings. The lowest BCUT2D eigenvalue weighted by Crippen LogP contribution is -2.11. The van der Waals surface area contributed by atoms with Crippen LogP contribution in [0.15, 0.2) is 18.2 Å². The second-order valence-electron chi connectivity index (χ2n) is 3.39. The summed E-state index contributed by atoms with van der Waals surface area (Å²) in [5, 5.41) is 18.0. The zero-order chi connectivity index (χ0) is 10.7. The molecule has 0 spiro atoms. The molecule has 2 N–H and O–H groups in total. The number of aromatic hydroxyl groups is 1. The molecule has 0 saturated heterocycles. The molecule has 1 aromatic carbocycles. The van der Waals surface area contributed by atoms with Gasteiger partial charge in [0.2, 0.25) is 0 Å². The van der Waals surface area contributed by atoms with Crippen molar-refractivity contribution in [2.24, 2.45) is 0 Å². The van der Waals surface area contributed by atoms with Crippen LogP contribution >= 0.6 is 0 Å². The van der Waals surface area contributed by atoms with Gasteiger partial charge in [0, 0.05) is 6.54 Å². The summed E-state index contributed by atoms with van der Waals surface area (Å²) in [6.45, 7) is 0.653. The molecule has 4 nitrogen and oxygen atoms in total. The number of aromatic carboxylic acids is 1. The van der Waals surface area contributed by atoms with Crippen molar-refractivity contribution in [2.75, 3.05) is 14.1 Å². The number of rotatable bonds is 3. The molecular weight excluding hydrogens is 182 g/mol. The van der Waals surface area contributed by atoms with Crippen molar-refractivity contribution < 1.29 is 15.0 Å². The van der Waals surface area contributed by atoms with E-state index >= 15 is 0 Å². The van der Waals surface area contributed by atoms with E-state index in [0.29, 0.717) is 6.54 Å². The molecule has 0 aromatic heterocycles. The minimum absolute atomic E-state index is 0.0515. The van der Waals surface area contributed by atoms with Crippen LogP contribution in [0.1, 0.15) is 15.9 Å². The molecule has 0 aliphatic heterocycles. The van der Waals surface area contributed by atoms with Gasteiger partial charge in [0.1, 0.15) is 11.3 Å². The molecule has 0 unspecified atom stereocenters. The van der Waals surface area contributed by atoms with E-state index < -0.39 is 5.97 Å². The number of phenols is 1. The number of hydrogen-bond acceptors (Lipinski definition) is 3. The smallest absolute Gasteiger partial charge is 0.339 e. The Bertz CT molecular complexity index is 347. The predicted molar refractivity (Wildman–Crippen MR) is 52.5 cm³/mol. The lowest BCUT2D eigenvalue weighted by Gasteiger charge is -2.10. The normalized spacial score (nSPS) is 10.5. The second kappa shape index (κ2) is 4.11. The summed E-state index contributed by atoms with van der Waals surface area (Å²) in [6, 6.07) is 4.60. The lowest BCUT2D eigenvalue weighted by atomic mass is 10.1. The van der Waals surface area contributed by atoms with Gasteiger partial charge in [-0.15, -0.1) is 0 Å². The number of carboxylic acids is 1. The van der Waals surface area contributed by atoms with E-state index in [2.05, 4.69) is 0 Å². The van der Waals surface area contributed by atoms with Gasteiger partial charge in [-0.05, 0) is 31.8 Å². The number of carboxylic acid groups (broad SMARTS) is 1. The van der Waals surface area contributed by atoms with E-state index in [4.69, 9.17) is 5.11 Å². The number of carbonyl (C=O) groups is 1. The van der Waals surface area contributed by atoms with Gasteiger partial charge in [-0.1, -0.05) is 6.07 Å². The summed E-state index contributed by atoms with van der Waals surface area (Å²) in [5.41, 5.74) is 0.814. The summed E-state index contributed by atoms with van der Waals surface area (Å²) in [4.78, 5) is 12.6. The monoisotopic (exact) mass is 195 g/mol. The van der Waals surface area contributed by atoms with Crippen LogP contribution in [-0.2, 0) is 6.54 Å². The van der Waals surface area contributed by atoms with E-state index in [1.807, 2.05) is 19.0 Å². The highest BCUT2D eigenvalue weighted by Crippen LogP contribution is 2.18. The number of nitrogens with zero attached hydrogens (tertiary/aromatic N) is 1. The second-order valence-corrected chi connectivity index (χ2v) is 3.39. The molecule has 0 aliphatic carbocycles. The maximum atomic E-state index is 10.7. The molecule has 76 valence electrons. The van der Waals surface area contributed by atoms with Crippen molar-refractivity contribution in [3.8, 4) is 5.75 Å². The standard InChI is InChI=1S/C10H13NO3/c1-11(2)6-7-3-4-9(12)8(5-7)10(13)14/h3-5,12H,6H2,1-2H3,(H,13,14). The quantitative estimate of drug-likeness (QED) is 0.759. The van der Waals surface area contributed by atoms with Crippen molar-refractivity contribution in [1.82, 2.24) is 4.90 Å². The average molecular weight is 195 g/mol. The van der Waals surface area contributed by atoms with Crippen LogP contribution < -0.4 is 0 Å². The van der Waals surface area contributed by atoms with Crippen molar-refractivity contribution in [3.63, 3.8) is 0 Å². The third kappa shape index (κ3) is 2.47. The van der Waals surface area contributed by atoms with Gasteiger partial charge in [0.25, 0.3) is 0 Å². The molecule has 0 heterocycles. The first-order valence-electron chi connectivity index (χ1n) is 4.20. The summed E-state index contributed by atoms with van der Waals surface area (Å²) in [7, 11) is 3.79. The Labute approximate surface area is 82.4 Å². The van der Waals surface area contributed by atoms with E-state index in [1.165, 1.54) is 12.1 Å². The summed E-state index contributed by atoms with van der Waals surface area (Å²) in [5.74, 6) is -1.30. The summed E-state index contributed by atoms with van der Waals surface area (Å²) in [6.07, 6.45) is 0. The zero-order valence-electron chi connectivity index (χ0n) is 8.19. The Balaban J connectivity index is 3.00. The van der Waals surface area contributed by atoms with E-state index in [1.54, 1.807) is 6.07 Å². The van der Waals surface area contributed by atoms with Crippen LogP contribution in [0.2, 0.25) is 0 Å². The topological polar surface area (TPSA) is 60.8 Å². The molecule has 4 heteroatoms. The summed E-state index contributed by atoms with van der Waals surface area (Å²) < 4.78 is 0. The predicted octanol–water partition coefficient (Wildman–Crippen LogP) is 1.15. The Morgan fingerprint density at radius 1 is 1.43 bits per heavy atom. The fourth-order valence-electron chi connectivity index (χ4n) is 1.22. The Hall–Kier alpha value is -1.55. The van der Waals surface area contributed by atoms with Gasteiger partial charge in [0.05, 0.1) is 0 Å². The van der Waals surface area contributed by atoms with Crippen molar-refractivity contribution in [3.05, 3.63) is 29.3 Å². The Morgan fingerprint density at radius 3 is 2.57 bits per heavy atom. The van der Waals surface area contributed by atoms with E-state index in [9.17, 15) is 9.90 Å². The maximum absolute atomic E-state index is 10.7.